The summed E-state index contributed by atoms with van der Waals surface area (Å²) >= 11 is 2.07. The van der Waals surface area contributed by atoms with Crippen molar-refractivity contribution in [3.8, 4) is 0 Å². The minimum Gasteiger partial charge on any atom is -0.313 e. The average Bonchev–Trinajstić information content (AvgIpc) is 2.66. The van der Waals surface area contributed by atoms with Crippen molar-refractivity contribution >= 4 is 11.8 Å². The summed E-state index contributed by atoms with van der Waals surface area (Å²) in [5, 5.41) is 7.97. The maximum atomic E-state index is 4.36. The molecular weight excluding hydrogens is 206 g/mol. The van der Waals surface area contributed by atoms with Crippen LogP contribution in [0.15, 0.2) is 12.3 Å². The number of aromatic nitrogens is 2. The highest BCUT2D eigenvalue weighted by Crippen LogP contribution is 2.16. The summed E-state index contributed by atoms with van der Waals surface area (Å²) in [7, 11) is 1.97. The van der Waals surface area contributed by atoms with Crippen LogP contribution < -0.4 is 5.32 Å². The van der Waals surface area contributed by atoms with E-state index < -0.39 is 0 Å². The number of aryl methyl sites for hydroxylation is 1. The van der Waals surface area contributed by atoms with Gasteiger partial charge in [0.25, 0.3) is 0 Å². The van der Waals surface area contributed by atoms with Crippen molar-refractivity contribution in [3.63, 3.8) is 0 Å². The Bertz CT molecular complexity index is 292. The Balaban J connectivity index is 1.65. The van der Waals surface area contributed by atoms with Gasteiger partial charge in [-0.05, 0) is 24.7 Å². The molecule has 1 saturated heterocycles. The lowest BCUT2D eigenvalue weighted by Crippen LogP contribution is -2.35. The predicted molar refractivity (Wildman–Crippen MR) is 65.3 cm³/mol. The third-order valence-electron chi connectivity index (χ3n) is 2.74. The molecule has 1 N–H and O–H groups in total. The van der Waals surface area contributed by atoms with Gasteiger partial charge >= 0.3 is 0 Å². The van der Waals surface area contributed by atoms with Crippen LogP contribution in [0.5, 0.6) is 0 Å². The maximum absolute atomic E-state index is 4.36. The van der Waals surface area contributed by atoms with Gasteiger partial charge in [0, 0.05) is 38.0 Å². The summed E-state index contributed by atoms with van der Waals surface area (Å²) in [4.78, 5) is 0. The molecule has 1 aromatic heterocycles. The first-order valence-corrected chi connectivity index (χ1v) is 6.80. The summed E-state index contributed by atoms with van der Waals surface area (Å²) in [6.07, 6.45) is 5.76. The molecule has 1 aromatic rings. The highest BCUT2D eigenvalue weighted by molar-refractivity contribution is 7.99. The molecule has 4 heteroatoms. The first-order chi connectivity index (χ1) is 7.34. The predicted octanol–water partition coefficient (Wildman–Crippen LogP) is 1.45. The fourth-order valence-corrected chi connectivity index (χ4v) is 3.01. The zero-order valence-electron chi connectivity index (χ0n) is 9.28. The van der Waals surface area contributed by atoms with Crippen LogP contribution in [0.4, 0.5) is 0 Å². The fraction of sp³-hybridized carbons (Fsp3) is 0.727. The van der Waals surface area contributed by atoms with Gasteiger partial charge < -0.3 is 5.32 Å². The van der Waals surface area contributed by atoms with Crippen LogP contribution in [0.25, 0.3) is 0 Å². The molecule has 0 aromatic carbocycles. The summed E-state index contributed by atoms with van der Waals surface area (Å²) in [5.41, 5.74) is 1.19. The molecule has 1 fully saturated rings. The van der Waals surface area contributed by atoms with E-state index in [1.54, 1.807) is 0 Å². The van der Waals surface area contributed by atoms with E-state index in [-0.39, 0.29) is 0 Å². The molecule has 15 heavy (non-hydrogen) atoms. The van der Waals surface area contributed by atoms with E-state index in [9.17, 15) is 0 Å². The zero-order valence-corrected chi connectivity index (χ0v) is 10.1. The lowest BCUT2D eigenvalue weighted by atomic mass is 10.2. The Morgan fingerprint density at radius 1 is 1.67 bits per heavy atom. The Morgan fingerprint density at radius 2 is 2.60 bits per heavy atom. The van der Waals surface area contributed by atoms with E-state index in [0.29, 0.717) is 0 Å². The second kappa shape index (κ2) is 5.56. The zero-order chi connectivity index (χ0) is 10.5. The molecule has 0 spiro atoms. The third kappa shape index (κ3) is 3.54. The number of nitrogens with zero attached hydrogens (tertiary/aromatic N) is 2. The minimum absolute atomic E-state index is 0.729. The lowest BCUT2D eigenvalue weighted by Gasteiger charge is -2.22. The minimum atomic E-state index is 0.729. The normalized spacial score (nSPS) is 21.8. The Morgan fingerprint density at radius 3 is 3.27 bits per heavy atom. The molecule has 1 aliphatic heterocycles. The molecule has 84 valence electrons. The number of hydrogen-bond acceptors (Lipinski definition) is 3. The highest BCUT2D eigenvalue weighted by atomic mass is 32.2. The topological polar surface area (TPSA) is 29.9 Å². The van der Waals surface area contributed by atoms with Crippen molar-refractivity contribution in [2.45, 2.75) is 25.3 Å². The van der Waals surface area contributed by atoms with Crippen molar-refractivity contribution in [2.24, 2.45) is 7.05 Å². The first-order valence-electron chi connectivity index (χ1n) is 5.64. The van der Waals surface area contributed by atoms with E-state index >= 15 is 0 Å². The van der Waals surface area contributed by atoms with Crippen LogP contribution in [-0.2, 0) is 13.5 Å². The summed E-state index contributed by atoms with van der Waals surface area (Å²) in [6, 6.07) is 2.82. The Hall–Kier alpha value is -0.480. The van der Waals surface area contributed by atoms with E-state index in [4.69, 9.17) is 0 Å². The fourth-order valence-electron chi connectivity index (χ4n) is 1.90. The molecule has 2 heterocycles. The molecule has 1 atom stereocenters. The lowest BCUT2D eigenvalue weighted by molar-refractivity contribution is 0.508. The monoisotopic (exact) mass is 225 g/mol. The van der Waals surface area contributed by atoms with E-state index in [2.05, 4.69) is 28.2 Å². The van der Waals surface area contributed by atoms with Gasteiger partial charge in [0.05, 0.1) is 5.69 Å². The van der Waals surface area contributed by atoms with Crippen LogP contribution in [0.2, 0.25) is 0 Å². The van der Waals surface area contributed by atoms with Crippen LogP contribution in [0.1, 0.15) is 18.5 Å². The second-order valence-corrected chi connectivity index (χ2v) is 5.25. The van der Waals surface area contributed by atoms with E-state index in [1.165, 1.54) is 30.0 Å². The standard InChI is InChI=1S/C11H19N3S/c1-14-7-5-10(13-14)4-6-12-11-3-2-8-15-9-11/h5,7,11-12H,2-4,6,8-9H2,1H3. The van der Waals surface area contributed by atoms with Crippen LogP contribution in [0, 0.1) is 0 Å². The quantitative estimate of drug-likeness (QED) is 0.841. The van der Waals surface area contributed by atoms with Crippen molar-refractivity contribution < 1.29 is 0 Å². The summed E-state index contributed by atoms with van der Waals surface area (Å²) in [5.74, 6) is 2.63. The van der Waals surface area contributed by atoms with Gasteiger partial charge in [-0.3, -0.25) is 4.68 Å². The number of nitrogens with one attached hydrogen (secondary N) is 1. The molecule has 0 amide bonds. The second-order valence-electron chi connectivity index (χ2n) is 4.10. The molecule has 2 rings (SSSR count). The number of thioether (sulfide) groups is 1. The SMILES string of the molecule is Cn1ccc(CCNC2CCCSC2)n1. The number of hydrogen-bond donors (Lipinski definition) is 1. The van der Waals surface area contributed by atoms with Crippen molar-refractivity contribution in [2.75, 3.05) is 18.1 Å². The van der Waals surface area contributed by atoms with Gasteiger partial charge in [-0.2, -0.15) is 16.9 Å². The van der Waals surface area contributed by atoms with Crippen molar-refractivity contribution in [3.05, 3.63) is 18.0 Å². The number of rotatable bonds is 4. The van der Waals surface area contributed by atoms with Gasteiger partial charge in [0.2, 0.25) is 0 Å². The molecule has 0 radical (unpaired) electrons. The van der Waals surface area contributed by atoms with Gasteiger partial charge in [-0.1, -0.05) is 0 Å². The molecule has 1 aliphatic rings. The third-order valence-corrected chi connectivity index (χ3v) is 3.96. The van der Waals surface area contributed by atoms with Gasteiger partial charge in [0.1, 0.15) is 0 Å². The van der Waals surface area contributed by atoms with E-state index in [1.807, 2.05) is 17.9 Å². The largest absolute Gasteiger partial charge is 0.313 e. The Kier molecular flexibility index (Phi) is 4.09. The molecule has 3 nitrogen and oxygen atoms in total. The smallest absolute Gasteiger partial charge is 0.0637 e. The molecule has 1 unspecified atom stereocenters. The van der Waals surface area contributed by atoms with Crippen molar-refractivity contribution in [1.82, 2.24) is 15.1 Å². The molecular formula is C11H19N3S. The Labute approximate surface area is 95.6 Å². The molecule has 0 aliphatic carbocycles. The highest BCUT2D eigenvalue weighted by Gasteiger charge is 2.12. The maximum Gasteiger partial charge on any atom is 0.0637 e. The van der Waals surface area contributed by atoms with Crippen LogP contribution in [-0.4, -0.2) is 33.9 Å². The molecule has 0 saturated carbocycles. The van der Waals surface area contributed by atoms with Gasteiger partial charge in [0.15, 0.2) is 0 Å². The van der Waals surface area contributed by atoms with Crippen LogP contribution >= 0.6 is 11.8 Å². The van der Waals surface area contributed by atoms with Gasteiger partial charge in [-0.25, -0.2) is 0 Å². The summed E-state index contributed by atoms with van der Waals surface area (Å²) < 4.78 is 1.87. The first kappa shape index (κ1) is 11.0. The summed E-state index contributed by atoms with van der Waals surface area (Å²) in [6.45, 7) is 1.06. The van der Waals surface area contributed by atoms with Gasteiger partial charge in [-0.15, -0.1) is 0 Å². The van der Waals surface area contributed by atoms with Crippen molar-refractivity contribution in [1.29, 1.82) is 0 Å². The molecule has 0 bridgehead atoms. The van der Waals surface area contributed by atoms with Crippen LogP contribution in [0.3, 0.4) is 0 Å². The van der Waals surface area contributed by atoms with E-state index in [0.717, 1.165) is 19.0 Å². The average molecular weight is 225 g/mol.